The van der Waals surface area contributed by atoms with E-state index < -0.39 is 15.8 Å². The molecule has 2 aromatic carbocycles. The molecule has 0 radical (unpaired) electrons. The van der Waals surface area contributed by atoms with Crippen molar-refractivity contribution >= 4 is 15.9 Å². The topological polar surface area (TPSA) is 84.5 Å². The Kier molecular flexibility index (Phi) is 7.00. The SMILES string of the molecule is O=C(CCNS(=O)(=O)c1ccc(F)cc1)NCC1(c2ccccc2)CCOCC1. The number of carbonyl (C=O) groups is 1. The Morgan fingerprint density at radius 1 is 1.03 bits per heavy atom. The number of carbonyl (C=O) groups excluding carboxylic acids is 1. The number of ether oxygens (including phenoxy) is 1. The summed E-state index contributed by atoms with van der Waals surface area (Å²) in [5.74, 6) is -0.739. The number of sulfonamides is 1. The van der Waals surface area contributed by atoms with Gasteiger partial charge in [-0.25, -0.2) is 17.5 Å². The van der Waals surface area contributed by atoms with Crippen LogP contribution in [-0.2, 0) is 25.0 Å². The first-order valence-electron chi connectivity index (χ1n) is 9.57. The maximum absolute atomic E-state index is 12.9. The molecule has 2 aromatic rings. The van der Waals surface area contributed by atoms with Crippen molar-refractivity contribution in [3.63, 3.8) is 0 Å². The molecule has 0 saturated carbocycles. The van der Waals surface area contributed by atoms with Gasteiger partial charge in [-0.15, -0.1) is 0 Å². The summed E-state index contributed by atoms with van der Waals surface area (Å²) < 4.78 is 45.2. The van der Waals surface area contributed by atoms with Crippen LogP contribution in [0.4, 0.5) is 4.39 Å². The predicted molar refractivity (Wildman–Crippen MR) is 107 cm³/mol. The zero-order valence-corrected chi connectivity index (χ0v) is 16.9. The molecule has 1 fully saturated rings. The van der Waals surface area contributed by atoms with Gasteiger partial charge in [0.1, 0.15) is 5.82 Å². The standard InChI is InChI=1S/C21H25FN2O4S/c22-18-6-8-19(9-7-18)29(26,27)24-13-10-20(25)23-16-21(11-14-28-15-12-21)17-4-2-1-3-5-17/h1-9,24H,10-16H2,(H,23,25). The van der Waals surface area contributed by atoms with E-state index >= 15 is 0 Å². The maximum Gasteiger partial charge on any atom is 0.240 e. The molecule has 0 aliphatic carbocycles. The van der Waals surface area contributed by atoms with Gasteiger partial charge in [-0.1, -0.05) is 30.3 Å². The molecule has 0 bridgehead atoms. The second-order valence-electron chi connectivity index (χ2n) is 7.14. The number of amides is 1. The number of nitrogens with one attached hydrogen (secondary N) is 2. The predicted octanol–water partition coefficient (Wildman–Crippen LogP) is 2.36. The van der Waals surface area contributed by atoms with Gasteiger partial charge in [-0.2, -0.15) is 0 Å². The summed E-state index contributed by atoms with van der Waals surface area (Å²) >= 11 is 0. The van der Waals surface area contributed by atoms with Crippen molar-refractivity contribution in [2.75, 3.05) is 26.3 Å². The first-order valence-corrected chi connectivity index (χ1v) is 11.0. The van der Waals surface area contributed by atoms with Crippen molar-refractivity contribution < 1.29 is 22.3 Å². The van der Waals surface area contributed by atoms with Gasteiger partial charge in [0.15, 0.2) is 0 Å². The molecule has 0 unspecified atom stereocenters. The molecule has 3 rings (SSSR count). The first-order chi connectivity index (χ1) is 13.9. The third-order valence-electron chi connectivity index (χ3n) is 5.23. The van der Waals surface area contributed by atoms with Crippen molar-refractivity contribution in [2.45, 2.75) is 29.6 Å². The van der Waals surface area contributed by atoms with E-state index in [4.69, 9.17) is 4.74 Å². The highest BCUT2D eigenvalue weighted by molar-refractivity contribution is 7.89. The van der Waals surface area contributed by atoms with E-state index in [0.29, 0.717) is 19.8 Å². The Hall–Kier alpha value is -2.29. The molecule has 29 heavy (non-hydrogen) atoms. The zero-order valence-electron chi connectivity index (χ0n) is 16.1. The Labute approximate surface area is 170 Å². The second kappa shape index (κ2) is 9.47. The van der Waals surface area contributed by atoms with Gasteiger partial charge >= 0.3 is 0 Å². The number of rotatable bonds is 8. The van der Waals surface area contributed by atoms with Crippen LogP contribution in [0.25, 0.3) is 0 Å². The normalized spacial score (nSPS) is 16.3. The zero-order chi connectivity index (χ0) is 20.7. The number of benzene rings is 2. The van der Waals surface area contributed by atoms with Crippen LogP contribution < -0.4 is 10.0 Å². The third kappa shape index (κ3) is 5.62. The Bertz CT molecular complexity index is 911. The lowest BCUT2D eigenvalue weighted by Crippen LogP contribution is -2.45. The quantitative estimate of drug-likeness (QED) is 0.687. The summed E-state index contributed by atoms with van der Waals surface area (Å²) in [6, 6.07) is 14.6. The van der Waals surface area contributed by atoms with Gasteiger partial charge in [0.05, 0.1) is 4.90 Å². The van der Waals surface area contributed by atoms with Gasteiger partial charge in [0.2, 0.25) is 15.9 Å². The van der Waals surface area contributed by atoms with Crippen LogP contribution in [0.1, 0.15) is 24.8 Å². The van der Waals surface area contributed by atoms with Gasteiger partial charge in [-0.3, -0.25) is 4.79 Å². The second-order valence-corrected chi connectivity index (χ2v) is 8.90. The van der Waals surface area contributed by atoms with E-state index in [1.165, 1.54) is 17.7 Å². The summed E-state index contributed by atoms with van der Waals surface area (Å²) in [5.41, 5.74) is 0.989. The molecule has 6 nitrogen and oxygen atoms in total. The highest BCUT2D eigenvalue weighted by Crippen LogP contribution is 2.34. The van der Waals surface area contributed by atoms with Crippen LogP contribution >= 0.6 is 0 Å². The Balaban J connectivity index is 1.53. The minimum absolute atomic E-state index is 0.0157. The fraction of sp³-hybridized carbons (Fsp3) is 0.381. The summed E-state index contributed by atoms with van der Waals surface area (Å²) in [7, 11) is -3.78. The lowest BCUT2D eigenvalue weighted by Gasteiger charge is -2.38. The van der Waals surface area contributed by atoms with Gasteiger partial charge < -0.3 is 10.1 Å². The van der Waals surface area contributed by atoms with Crippen molar-refractivity contribution in [1.29, 1.82) is 0 Å². The fourth-order valence-corrected chi connectivity index (χ4v) is 4.51. The maximum atomic E-state index is 12.9. The number of hydrogen-bond donors (Lipinski definition) is 2. The lowest BCUT2D eigenvalue weighted by atomic mass is 9.74. The molecule has 1 amide bonds. The lowest BCUT2D eigenvalue weighted by molar-refractivity contribution is -0.121. The number of hydrogen-bond acceptors (Lipinski definition) is 4. The van der Waals surface area contributed by atoms with Gasteiger partial charge in [0.25, 0.3) is 0 Å². The summed E-state index contributed by atoms with van der Waals surface area (Å²) in [6.45, 7) is 1.72. The van der Waals surface area contributed by atoms with E-state index in [0.717, 1.165) is 25.0 Å². The third-order valence-corrected chi connectivity index (χ3v) is 6.71. The van der Waals surface area contributed by atoms with E-state index in [-0.39, 0.29) is 29.2 Å². The molecule has 1 aliphatic rings. The average molecular weight is 421 g/mol. The van der Waals surface area contributed by atoms with Crippen molar-refractivity contribution in [3.8, 4) is 0 Å². The molecule has 8 heteroatoms. The van der Waals surface area contributed by atoms with Crippen LogP contribution in [0.2, 0.25) is 0 Å². The molecule has 0 aromatic heterocycles. The summed E-state index contributed by atoms with van der Waals surface area (Å²) in [6.07, 6.45) is 1.64. The Morgan fingerprint density at radius 3 is 2.34 bits per heavy atom. The minimum Gasteiger partial charge on any atom is -0.381 e. The van der Waals surface area contributed by atoms with Crippen LogP contribution in [0.15, 0.2) is 59.5 Å². The number of halogens is 1. The molecular weight excluding hydrogens is 395 g/mol. The van der Waals surface area contributed by atoms with Crippen molar-refractivity contribution in [3.05, 3.63) is 66.0 Å². The van der Waals surface area contributed by atoms with Crippen LogP contribution in [0, 0.1) is 5.82 Å². The summed E-state index contributed by atoms with van der Waals surface area (Å²) in [5, 5.41) is 2.95. The molecule has 0 spiro atoms. The molecule has 0 atom stereocenters. The van der Waals surface area contributed by atoms with Gasteiger partial charge in [-0.05, 0) is 42.7 Å². The van der Waals surface area contributed by atoms with Crippen LogP contribution in [0.3, 0.4) is 0 Å². The van der Waals surface area contributed by atoms with E-state index in [9.17, 15) is 17.6 Å². The highest BCUT2D eigenvalue weighted by Gasteiger charge is 2.34. The largest absolute Gasteiger partial charge is 0.381 e. The van der Waals surface area contributed by atoms with Crippen molar-refractivity contribution in [2.24, 2.45) is 0 Å². The smallest absolute Gasteiger partial charge is 0.240 e. The van der Waals surface area contributed by atoms with Gasteiger partial charge in [0, 0.05) is 38.1 Å². The van der Waals surface area contributed by atoms with Crippen LogP contribution in [-0.4, -0.2) is 40.6 Å². The first kappa shape index (κ1) is 21.4. The molecule has 1 heterocycles. The molecule has 156 valence electrons. The molecular formula is C21H25FN2O4S. The van der Waals surface area contributed by atoms with E-state index in [1.54, 1.807) is 0 Å². The Morgan fingerprint density at radius 2 is 1.69 bits per heavy atom. The minimum atomic E-state index is -3.78. The monoisotopic (exact) mass is 420 g/mol. The summed E-state index contributed by atoms with van der Waals surface area (Å²) in [4.78, 5) is 12.3. The van der Waals surface area contributed by atoms with Crippen molar-refractivity contribution in [1.82, 2.24) is 10.0 Å². The van der Waals surface area contributed by atoms with E-state index in [1.807, 2.05) is 18.2 Å². The molecule has 2 N–H and O–H groups in total. The van der Waals surface area contributed by atoms with Crippen LogP contribution in [0.5, 0.6) is 0 Å². The highest BCUT2D eigenvalue weighted by atomic mass is 32.2. The molecule has 1 saturated heterocycles. The fourth-order valence-electron chi connectivity index (χ4n) is 3.47. The van der Waals surface area contributed by atoms with E-state index in [2.05, 4.69) is 22.2 Å². The average Bonchev–Trinajstić information content (AvgIpc) is 2.74. The molecule has 1 aliphatic heterocycles.